The minimum Gasteiger partial charge on any atom is -0.494 e. The van der Waals surface area contributed by atoms with Gasteiger partial charge in [-0.25, -0.2) is 4.79 Å². The van der Waals surface area contributed by atoms with Gasteiger partial charge in [0.05, 0.1) is 12.6 Å². The van der Waals surface area contributed by atoms with Crippen LogP contribution in [0.4, 0.5) is 4.79 Å². The van der Waals surface area contributed by atoms with Crippen LogP contribution in [0.15, 0.2) is 18.2 Å². The van der Waals surface area contributed by atoms with Gasteiger partial charge in [-0.05, 0) is 45.6 Å². The molecule has 1 unspecified atom stereocenters. The third-order valence-electron chi connectivity index (χ3n) is 4.17. The van der Waals surface area contributed by atoms with E-state index in [1.54, 1.807) is 0 Å². The van der Waals surface area contributed by atoms with Gasteiger partial charge >= 0.3 is 6.03 Å². The molecule has 23 heavy (non-hydrogen) atoms. The van der Waals surface area contributed by atoms with Gasteiger partial charge in [0, 0.05) is 25.3 Å². The molecular formula is C18H28N2O3. The average Bonchev–Trinajstić information content (AvgIpc) is 2.55. The van der Waals surface area contributed by atoms with Crippen LogP contribution in [0.25, 0.3) is 0 Å². The van der Waals surface area contributed by atoms with Crippen LogP contribution in [-0.2, 0) is 4.74 Å². The zero-order valence-electron chi connectivity index (χ0n) is 14.4. The zero-order chi connectivity index (χ0) is 16.7. The van der Waals surface area contributed by atoms with Gasteiger partial charge in [-0.2, -0.15) is 0 Å². The number of ether oxygens (including phenoxy) is 2. The first-order valence-corrected chi connectivity index (χ1v) is 8.45. The van der Waals surface area contributed by atoms with Gasteiger partial charge in [-0.3, -0.25) is 0 Å². The first-order valence-electron chi connectivity index (χ1n) is 8.45. The van der Waals surface area contributed by atoms with Crippen molar-refractivity contribution < 1.29 is 14.3 Å². The second-order valence-corrected chi connectivity index (χ2v) is 6.11. The lowest BCUT2D eigenvalue weighted by atomic mass is 10.0. The Morgan fingerprint density at radius 1 is 1.39 bits per heavy atom. The quantitative estimate of drug-likeness (QED) is 0.846. The van der Waals surface area contributed by atoms with E-state index in [0.717, 1.165) is 42.9 Å². The molecule has 5 heteroatoms. The molecule has 1 aliphatic rings. The Balaban J connectivity index is 1.88. The Hall–Kier alpha value is -1.75. The molecule has 0 saturated carbocycles. The summed E-state index contributed by atoms with van der Waals surface area (Å²) in [7, 11) is 0. The molecule has 2 N–H and O–H groups in total. The first-order chi connectivity index (χ1) is 11.1. The van der Waals surface area contributed by atoms with Crippen molar-refractivity contribution in [1.82, 2.24) is 10.6 Å². The fraction of sp³-hybridized carbons (Fsp3) is 0.611. The normalized spacial score (nSPS) is 16.7. The lowest BCUT2D eigenvalue weighted by Crippen LogP contribution is -2.40. The van der Waals surface area contributed by atoms with Gasteiger partial charge in [0.2, 0.25) is 0 Å². The van der Waals surface area contributed by atoms with Crippen LogP contribution in [-0.4, -0.2) is 32.4 Å². The fourth-order valence-electron chi connectivity index (χ4n) is 2.81. The number of nitrogens with one attached hydrogen (secondary N) is 2. The minimum absolute atomic E-state index is 0.105. The van der Waals surface area contributed by atoms with E-state index >= 15 is 0 Å². The topological polar surface area (TPSA) is 59.6 Å². The molecule has 2 rings (SSSR count). The molecule has 0 spiro atoms. The van der Waals surface area contributed by atoms with E-state index in [1.165, 1.54) is 0 Å². The van der Waals surface area contributed by atoms with Gasteiger partial charge in [0.25, 0.3) is 0 Å². The maximum atomic E-state index is 12.1. The van der Waals surface area contributed by atoms with Crippen molar-refractivity contribution >= 4 is 6.03 Å². The lowest BCUT2D eigenvalue weighted by molar-refractivity contribution is 0.0669. The smallest absolute Gasteiger partial charge is 0.315 e. The average molecular weight is 320 g/mol. The molecule has 2 amide bonds. The third-order valence-corrected chi connectivity index (χ3v) is 4.17. The molecule has 0 aromatic heterocycles. The van der Waals surface area contributed by atoms with Crippen LogP contribution in [0.1, 0.15) is 43.9 Å². The number of urea groups is 1. The molecule has 128 valence electrons. The second kappa shape index (κ2) is 8.77. The van der Waals surface area contributed by atoms with E-state index in [1.807, 2.05) is 32.9 Å². The van der Waals surface area contributed by atoms with E-state index in [9.17, 15) is 4.79 Å². The number of aryl methyl sites for hydroxylation is 1. The Bertz CT molecular complexity index is 513. The highest BCUT2D eigenvalue weighted by molar-refractivity contribution is 5.74. The van der Waals surface area contributed by atoms with Crippen molar-refractivity contribution in [2.45, 2.75) is 39.7 Å². The number of carbonyl (C=O) groups is 1. The van der Waals surface area contributed by atoms with E-state index in [-0.39, 0.29) is 12.1 Å². The van der Waals surface area contributed by atoms with Crippen LogP contribution in [0.3, 0.4) is 0 Å². The van der Waals surface area contributed by atoms with Crippen LogP contribution >= 0.6 is 0 Å². The fourth-order valence-corrected chi connectivity index (χ4v) is 2.81. The summed E-state index contributed by atoms with van der Waals surface area (Å²) in [6.07, 6.45) is 2.03. The first kappa shape index (κ1) is 17.6. The van der Waals surface area contributed by atoms with Crippen LogP contribution in [0, 0.1) is 12.8 Å². The maximum Gasteiger partial charge on any atom is 0.315 e. The molecule has 0 aliphatic carbocycles. The van der Waals surface area contributed by atoms with E-state index < -0.39 is 0 Å². The van der Waals surface area contributed by atoms with E-state index in [2.05, 4.69) is 16.7 Å². The summed E-state index contributed by atoms with van der Waals surface area (Å²) in [5.74, 6) is 1.35. The van der Waals surface area contributed by atoms with Crippen molar-refractivity contribution in [2.24, 2.45) is 5.92 Å². The van der Waals surface area contributed by atoms with Crippen molar-refractivity contribution in [3.63, 3.8) is 0 Å². The van der Waals surface area contributed by atoms with Crippen LogP contribution in [0.5, 0.6) is 5.75 Å². The summed E-state index contributed by atoms with van der Waals surface area (Å²) in [5, 5.41) is 5.97. The highest BCUT2D eigenvalue weighted by Gasteiger charge is 2.17. The second-order valence-electron chi connectivity index (χ2n) is 6.11. The van der Waals surface area contributed by atoms with E-state index in [0.29, 0.717) is 19.1 Å². The summed E-state index contributed by atoms with van der Waals surface area (Å²) in [4.78, 5) is 12.1. The van der Waals surface area contributed by atoms with Gasteiger partial charge in [0.1, 0.15) is 5.75 Å². The molecule has 0 radical (unpaired) electrons. The zero-order valence-corrected chi connectivity index (χ0v) is 14.4. The van der Waals surface area contributed by atoms with Crippen LogP contribution in [0.2, 0.25) is 0 Å². The highest BCUT2D eigenvalue weighted by atomic mass is 16.5. The molecule has 5 nitrogen and oxygen atoms in total. The Morgan fingerprint density at radius 2 is 2.13 bits per heavy atom. The summed E-state index contributed by atoms with van der Waals surface area (Å²) >= 11 is 0. The number of benzene rings is 1. The number of hydrogen-bond donors (Lipinski definition) is 2. The Morgan fingerprint density at radius 3 is 2.83 bits per heavy atom. The van der Waals surface area contributed by atoms with Crippen molar-refractivity contribution in [3.8, 4) is 5.75 Å². The number of rotatable bonds is 6. The Labute approximate surface area is 138 Å². The van der Waals surface area contributed by atoms with Gasteiger partial charge in [0.15, 0.2) is 0 Å². The molecule has 1 aliphatic heterocycles. The summed E-state index contributed by atoms with van der Waals surface area (Å²) in [6, 6.07) is 5.81. The lowest BCUT2D eigenvalue weighted by Gasteiger charge is -2.23. The molecule has 1 aromatic rings. The largest absolute Gasteiger partial charge is 0.494 e. The molecular weight excluding hydrogens is 292 g/mol. The maximum absolute atomic E-state index is 12.1. The van der Waals surface area contributed by atoms with Crippen molar-refractivity contribution in [2.75, 3.05) is 26.4 Å². The van der Waals surface area contributed by atoms with Gasteiger partial charge in [-0.1, -0.05) is 17.7 Å². The van der Waals surface area contributed by atoms with Crippen LogP contribution < -0.4 is 15.4 Å². The Kier molecular flexibility index (Phi) is 6.71. The molecule has 0 bridgehead atoms. The summed E-state index contributed by atoms with van der Waals surface area (Å²) in [6.45, 7) is 8.88. The standard InChI is InChI=1S/C18H28N2O3/c1-4-23-17-6-5-13(2)11-16(17)14(3)20-18(21)19-12-15-7-9-22-10-8-15/h5-6,11,14-15H,4,7-10,12H2,1-3H3,(H2,19,20,21). The van der Waals surface area contributed by atoms with Crippen molar-refractivity contribution in [3.05, 3.63) is 29.3 Å². The minimum atomic E-state index is -0.132. The highest BCUT2D eigenvalue weighted by Crippen LogP contribution is 2.26. The number of hydrogen-bond acceptors (Lipinski definition) is 3. The predicted molar refractivity (Wildman–Crippen MR) is 90.8 cm³/mol. The van der Waals surface area contributed by atoms with Crippen molar-refractivity contribution in [1.29, 1.82) is 0 Å². The van der Waals surface area contributed by atoms with E-state index in [4.69, 9.17) is 9.47 Å². The number of carbonyl (C=O) groups excluding carboxylic acids is 1. The summed E-state index contributed by atoms with van der Waals surface area (Å²) < 4.78 is 11.0. The summed E-state index contributed by atoms with van der Waals surface area (Å²) in [5.41, 5.74) is 2.16. The third kappa shape index (κ3) is 5.43. The SMILES string of the molecule is CCOc1ccc(C)cc1C(C)NC(=O)NCC1CCOCC1. The van der Waals surface area contributed by atoms with Gasteiger partial charge < -0.3 is 20.1 Å². The molecule has 1 aromatic carbocycles. The monoisotopic (exact) mass is 320 g/mol. The molecule has 1 atom stereocenters. The molecule has 1 heterocycles. The number of amides is 2. The molecule has 1 fully saturated rings. The predicted octanol–water partition coefficient (Wildman–Crippen LogP) is 3.18. The molecule has 1 saturated heterocycles. The van der Waals surface area contributed by atoms with Gasteiger partial charge in [-0.15, -0.1) is 0 Å².